The fourth-order valence-electron chi connectivity index (χ4n) is 3.83. The van der Waals surface area contributed by atoms with Crippen LogP contribution in [0.2, 0.25) is 0 Å². The molecule has 0 spiro atoms. The average Bonchev–Trinajstić information content (AvgIpc) is 2.84. The zero-order valence-corrected chi connectivity index (χ0v) is 20.2. The first-order valence-corrected chi connectivity index (χ1v) is 13.5. The van der Waals surface area contributed by atoms with E-state index in [4.69, 9.17) is 0 Å². The van der Waals surface area contributed by atoms with Gasteiger partial charge in [-0.05, 0) is 61.7 Å². The normalized spacial score (nSPS) is 15.3. The van der Waals surface area contributed by atoms with E-state index in [-0.39, 0.29) is 11.8 Å². The summed E-state index contributed by atoms with van der Waals surface area (Å²) in [6.07, 6.45) is 1.03. The Bertz CT molecular complexity index is 1170. The van der Waals surface area contributed by atoms with Crippen molar-refractivity contribution >= 4 is 33.4 Å². The van der Waals surface area contributed by atoms with E-state index in [9.17, 15) is 13.2 Å². The van der Waals surface area contributed by atoms with Gasteiger partial charge in [-0.15, -0.1) is 11.8 Å². The van der Waals surface area contributed by atoms with Gasteiger partial charge in [-0.1, -0.05) is 48.0 Å². The van der Waals surface area contributed by atoms with Gasteiger partial charge in [0.2, 0.25) is 15.9 Å². The molecule has 172 valence electrons. The molecule has 1 aliphatic heterocycles. The molecular formula is C26H28N2O3S2. The molecule has 1 heterocycles. The molecule has 3 aromatic rings. The van der Waals surface area contributed by atoms with Gasteiger partial charge in [0, 0.05) is 35.3 Å². The summed E-state index contributed by atoms with van der Waals surface area (Å²) in [6, 6.07) is 25.1. The monoisotopic (exact) mass is 480 g/mol. The van der Waals surface area contributed by atoms with E-state index >= 15 is 0 Å². The molecule has 0 unspecified atom stereocenters. The van der Waals surface area contributed by atoms with E-state index in [1.807, 2.05) is 49.4 Å². The van der Waals surface area contributed by atoms with Gasteiger partial charge in [0.1, 0.15) is 0 Å². The minimum absolute atomic E-state index is 0.0474. The molecular weight excluding hydrogens is 452 g/mol. The van der Waals surface area contributed by atoms with E-state index in [1.165, 1.54) is 14.8 Å². The number of nitrogens with zero attached hydrogens (tertiary/aromatic N) is 1. The number of amides is 1. The molecule has 0 radical (unpaired) electrons. The molecule has 1 amide bonds. The highest BCUT2D eigenvalue weighted by Gasteiger charge is 2.32. The number of thioether (sulfide) groups is 1. The lowest BCUT2D eigenvalue weighted by Gasteiger charge is -2.30. The van der Waals surface area contributed by atoms with Crippen molar-refractivity contribution in [3.8, 4) is 0 Å². The standard InChI is InChI=1S/C26H28N2O3S2/c1-20-7-13-25(14-8-20)33(30,31)28-17-15-22(16-18-28)26(29)27-23-11-9-21(10-12-23)19-32-24-5-3-2-4-6-24/h2-14,22H,15-19H2,1H3,(H,27,29). The highest BCUT2D eigenvalue weighted by atomic mass is 32.2. The number of carbonyl (C=O) groups excluding carboxylic acids is 1. The van der Waals surface area contributed by atoms with E-state index in [2.05, 4.69) is 17.4 Å². The lowest BCUT2D eigenvalue weighted by Crippen LogP contribution is -2.41. The maximum Gasteiger partial charge on any atom is 0.243 e. The van der Waals surface area contributed by atoms with Crippen LogP contribution in [0.15, 0.2) is 88.7 Å². The van der Waals surface area contributed by atoms with Crippen LogP contribution in [0.3, 0.4) is 0 Å². The summed E-state index contributed by atoms with van der Waals surface area (Å²) in [6.45, 7) is 2.63. The largest absolute Gasteiger partial charge is 0.326 e. The van der Waals surface area contributed by atoms with Gasteiger partial charge in [-0.3, -0.25) is 4.79 Å². The SMILES string of the molecule is Cc1ccc(S(=O)(=O)N2CCC(C(=O)Nc3ccc(CSc4ccccc4)cc3)CC2)cc1. The molecule has 4 rings (SSSR count). The molecule has 0 aliphatic carbocycles. The van der Waals surface area contributed by atoms with Crippen LogP contribution < -0.4 is 5.32 Å². The minimum atomic E-state index is -3.52. The molecule has 3 aromatic carbocycles. The van der Waals surface area contributed by atoms with Crippen molar-refractivity contribution in [2.75, 3.05) is 18.4 Å². The number of nitrogens with one attached hydrogen (secondary N) is 1. The van der Waals surface area contributed by atoms with Gasteiger partial charge in [0.25, 0.3) is 0 Å². The predicted molar refractivity (Wildman–Crippen MR) is 134 cm³/mol. The van der Waals surface area contributed by atoms with Crippen molar-refractivity contribution in [2.45, 2.75) is 35.3 Å². The lowest BCUT2D eigenvalue weighted by atomic mass is 9.97. The molecule has 33 heavy (non-hydrogen) atoms. The Morgan fingerprint density at radius 1 is 0.939 bits per heavy atom. The topological polar surface area (TPSA) is 66.5 Å². The second kappa shape index (κ2) is 10.5. The van der Waals surface area contributed by atoms with Crippen molar-refractivity contribution in [1.29, 1.82) is 0 Å². The number of anilines is 1. The molecule has 0 atom stereocenters. The van der Waals surface area contributed by atoms with Gasteiger partial charge >= 0.3 is 0 Å². The number of hydrogen-bond donors (Lipinski definition) is 1. The minimum Gasteiger partial charge on any atom is -0.326 e. The highest BCUT2D eigenvalue weighted by Crippen LogP contribution is 2.26. The first-order valence-electron chi connectivity index (χ1n) is 11.1. The van der Waals surface area contributed by atoms with Crippen LogP contribution in [0, 0.1) is 12.8 Å². The molecule has 1 saturated heterocycles. The van der Waals surface area contributed by atoms with Crippen molar-refractivity contribution in [1.82, 2.24) is 4.31 Å². The summed E-state index contributed by atoms with van der Waals surface area (Å²) in [5, 5.41) is 2.99. The average molecular weight is 481 g/mol. The number of rotatable bonds is 7. The third-order valence-electron chi connectivity index (χ3n) is 5.85. The zero-order chi connectivity index (χ0) is 23.3. The number of benzene rings is 3. The number of hydrogen-bond acceptors (Lipinski definition) is 4. The van der Waals surface area contributed by atoms with Gasteiger partial charge in [0.05, 0.1) is 4.90 Å². The van der Waals surface area contributed by atoms with Gasteiger partial charge in [0.15, 0.2) is 0 Å². The van der Waals surface area contributed by atoms with Crippen molar-refractivity contribution in [3.05, 3.63) is 90.0 Å². The van der Waals surface area contributed by atoms with E-state index in [0.29, 0.717) is 30.8 Å². The Morgan fingerprint density at radius 2 is 1.58 bits per heavy atom. The van der Waals surface area contributed by atoms with Crippen LogP contribution in [0.5, 0.6) is 0 Å². The fraction of sp³-hybridized carbons (Fsp3) is 0.269. The van der Waals surface area contributed by atoms with Crippen molar-refractivity contribution in [3.63, 3.8) is 0 Å². The zero-order valence-electron chi connectivity index (χ0n) is 18.6. The molecule has 5 nitrogen and oxygen atoms in total. The van der Waals surface area contributed by atoms with Crippen LogP contribution in [-0.4, -0.2) is 31.7 Å². The summed E-state index contributed by atoms with van der Waals surface area (Å²) in [5.74, 6) is 0.628. The van der Waals surface area contributed by atoms with Gasteiger partial charge in [-0.2, -0.15) is 4.31 Å². The molecule has 0 bridgehead atoms. The number of aryl methyl sites for hydroxylation is 1. The summed E-state index contributed by atoms with van der Waals surface area (Å²) < 4.78 is 27.2. The number of sulfonamides is 1. The summed E-state index contributed by atoms with van der Waals surface area (Å²) in [4.78, 5) is 14.3. The van der Waals surface area contributed by atoms with Crippen LogP contribution in [-0.2, 0) is 20.6 Å². The third-order valence-corrected chi connectivity index (χ3v) is 8.85. The summed E-state index contributed by atoms with van der Waals surface area (Å²) >= 11 is 1.78. The first kappa shape index (κ1) is 23.5. The van der Waals surface area contributed by atoms with E-state index in [0.717, 1.165) is 17.0 Å². The second-order valence-corrected chi connectivity index (χ2v) is 11.3. The molecule has 1 fully saturated rings. The van der Waals surface area contributed by atoms with Gasteiger partial charge in [-0.25, -0.2) is 8.42 Å². The first-order chi connectivity index (χ1) is 15.9. The van der Waals surface area contributed by atoms with Crippen LogP contribution in [0.1, 0.15) is 24.0 Å². The molecule has 1 N–H and O–H groups in total. The predicted octanol–water partition coefficient (Wildman–Crippen LogP) is 5.33. The lowest BCUT2D eigenvalue weighted by molar-refractivity contribution is -0.120. The maximum absolute atomic E-state index is 12.9. The molecule has 7 heteroatoms. The van der Waals surface area contributed by atoms with Crippen molar-refractivity contribution in [2.24, 2.45) is 5.92 Å². The Morgan fingerprint density at radius 3 is 2.21 bits per heavy atom. The van der Waals surface area contributed by atoms with Crippen molar-refractivity contribution < 1.29 is 13.2 Å². The second-order valence-electron chi connectivity index (χ2n) is 8.28. The highest BCUT2D eigenvalue weighted by molar-refractivity contribution is 7.98. The van der Waals surface area contributed by atoms with Crippen LogP contribution in [0.25, 0.3) is 0 Å². The Kier molecular flexibility index (Phi) is 7.53. The molecule has 0 saturated carbocycles. The van der Waals surface area contributed by atoms with E-state index in [1.54, 1.807) is 36.0 Å². The number of piperidine rings is 1. The Labute approximate surface area is 200 Å². The van der Waals surface area contributed by atoms with Crippen LogP contribution in [0.4, 0.5) is 5.69 Å². The molecule has 1 aliphatic rings. The quantitative estimate of drug-likeness (QED) is 0.465. The third kappa shape index (κ3) is 6.05. The number of carbonyl (C=O) groups is 1. The van der Waals surface area contributed by atoms with E-state index < -0.39 is 10.0 Å². The molecule has 0 aromatic heterocycles. The smallest absolute Gasteiger partial charge is 0.243 e. The summed E-state index contributed by atoms with van der Waals surface area (Å²) in [5.41, 5.74) is 2.98. The Balaban J connectivity index is 1.28. The van der Waals surface area contributed by atoms with Crippen LogP contribution >= 0.6 is 11.8 Å². The fourth-order valence-corrected chi connectivity index (χ4v) is 6.17. The van der Waals surface area contributed by atoms with Gasteiger partial charge < -0.3 is 5.32 Å². The maximum atomic E-state index is 12.9. The Hall–Kier alpha value is -2.61. The summed E-state index contributed by atoms with van der Waals surface area (Å²) in [7, 11) is -3.52.